The Morgan fingerprint density at radius 2 is 2.50 bits per heavy atom. The second kappa shape index (κ2) is 2.87. The Morgan fingerprint density at radius 3 is 3.25 bits per heavy atom. The van der Waals surface area contributed by atoms with E-state index in [4.69, 9.17) is 5.73 Å². The maximum absolute atomic E-state index is 5.67. The van der Waals surface area contributed by atoms with E-state index in [1.165, 1.54) is 17.7 Å². The molecule has 1 aromatic rings. The van der Waals surface area contributed by atoms with E-state index in [1.807, 2.05) is 12.3 Å². The lowest BCUT2D eigenvalue weighted by molar-refractivity contribution is 0.619. The van der Waals surface area contributed by atoms with Crippen LogP contribution in [0.1, 0.15) is 36.4 Å². The van der Waals surface area contributed by atoms with Crippen molar-refractivity contribution in [3.63, 3.8) is 0 Å². The summed E-state index contributed by atoms with van der Waals surface area (Å²) < 4.78 is 0. The average Bonchev–Trinajstić information content (AvgIpc) is 2.44. The second-order valence-corrected chi connectivity index (χ2v) is 3.55. The molecule has 0 bridgehead atoms. The first-order valence-corrected chi connectivity index (χ1v) is 4.47. The number of hydrogen-bond donors (Lipinski definition) is 1. The highest BCUT2D eigenvalue weighted by molar-refractivity contribution is 5.32. The highest BCUT2D eigenvalue weighted by Crippen LogP contribution is 2.38. The van der Waals surface area contributed by atoms with E-state index < -0.39 is 0 Å². The Hall–Kier alpha value is -0.890. The van der Waals surface area contributed by atoms with E-state index in [-0.39, 0.29) is 0 Å². The smallest absolute Gasteiger partial charge is 0.0481 e. The number of nitrogens with two attached hydrogens (primary N) is 1. The van der Waals surface area contributed by atoms with Crippen LogP contribution in [-0.2, 0) is 0 Å². The maximum Gasteiger partial charge on any atom is 0.0481 e. The van der Waals surface area contributed by atoms with Gasteiger partial charge >= 0.3 is 0 Å². The fourth-order valence-electron chi connectivity index (χ4n) is 2.06. The summed E-state index contributed by atoms with van der Waals surface area (Å²) in [5.41, 5.74) is 8.30. The van der Waals surface area contributed by atoms with Crippen LogP contribution in [-0.4, -0.2) is 11.5 Å². The average molecular weight is 162 g/mol. The first kappa shape index (κ1) is 7.74. The summed E-state index contributed by atoms with van der Waals surface area (Å²) in [6, 6.07) is 4.18. The Kier molecular flexibility index (Phi) is 1.85. The molecular weight excluding hydrogens is 148 g/mol. The standard InChI is InChI=1S/C10H14N2/c1-7-5-8(6-11)10-9(7)3-2-4-12-10/h2-4,7-8H,5-6,11H2,1H3/t7-,8-/m1/s1. The fourth-order valence-corrected chi connectivity index (χ4v) is 2.06. The largest absolute Gasteiger partial charge is 0.330 e. The van der Waals surface area contributed by atoms with Gasteiger partial charge in [-0.25, -0.2) is 0 Å². The lowest BCUT2D eigenvalue weighted by Gasteiger charge is -2.04. The van der Waals surface area contributed by atoms with Gasteiger partial charge in [0.25, 0.3) is 0 Å². The van der Waals surface area contributed by atoms with E-state index in [0.717, 1.165) is 6.54 Å². The summed E-state index contributed by atoms with van der Waals surface area (Å²) in [5, 5.41) is 0. The lowest BCUT2D eigenvalue weighted by Crippen LogP contribution is -2.10. The fraction of sp³-hybridized carbons (Fsp3) is 0.500. The molecule has 0 saturated heterocycles. The van der Waals surface area contributed by atoms with Crippen LogP contribution in [0.4, 0.5) is 0 Å². The van der Waals surface area contributed by atoms with Crippen molar-refractivity contribution in [1.82, 2.24) is 4.98 Å². The molecule has 2 atom stereocenters. The van der Waals surface area contributed by atoms with E-state index in [1.54, 1.807) is 0 Å². The van der Waals surface area contributed by atoms with Crippen molar-refractivity contribution in [2.75, 3.05) is 6.54 Å². The number of rotatable bonds is 1. The molecule has 0 spiro atoms. The third-order valence-corrected chi connectivity index (χ3v) is 2.71. The molecule has 64 valence electrons. The minimum absolute atomic E-state index is 0.496. The van der Waals surface area contributed by atoms with Gasteiger partial charge in [-0.05, 0) is 24.0 Å². The van der Waals surface area contributed by atoms with E-state index >= 15 is 0 Å². The lowest BCUT2D eigenvalue weighted by atomic mass is 10.0. The summed E-state index contributed by atoms with van der Waals surface area (Å²) in [6.45, 7) is 2.98. The van der Waals surface area contributed by atoms with Gasteiger partial charge in [-0.15, -0.1) is 0 Å². The van der Waals surface area contributed by atoms with Gasteiger partial charge in [0.1, 0.15) is 0 Å². The molecule has 2 N–H and O–H groups in total. The van der Waals surface area contributed by atoms with Crippen LogP contribution >= 0.6 is 0 Å². The third-order valence-electron chi connectivity index (χ3n) is 2.71. The van der Waals surface area contributed by atoms with Gasteiger partial charge in [0, 0.05) is 24.4 Å². The van der Waals surface area contributed by atoms with E-state index in [9.17, 15) is 0 Å². The van der Waals surface area contributed by atoms with Gasteiger partial charge in [0.15, 0.2) is 0 Å². The van der Waals surface area contributed by atoms with Crippen LogP contribution in [0.5, 0.6) is 0 Å². The summed E-state index contributed by atoms with van der Waals surface area (Å²) in [6.07, 6.45) is 3.03. The van der Waals surface area contributed by atoms with Gasteiger partial charge in [-0.3, -0.25) is 4.98 Å². The molecule has 1 heterocycles. The first-order valence-electron chi connectivity index (χ1n) is 4.47. The minimum atomic E-state index is 0.496. The van der Waals surface area contributed by atoms with Crippen molar-refractivity contribution >= 4 is 0 Å². The van der Waals surface area contributed by atoms with E-state index in [0.29, 0.717) is 11.8 Å². The van der Waals surface area contributed by atoms with Crippen molar-refractivity contribution < 1.29 is 0 Å². The third kappa shape index (κ3) is 1.03. The number of nitrogens with zero attached hydrogens (tertiary/aromatic N) is 1. The molecule has 1 aromatic heterocycles. The normalized spacial score (nSPS) is 27.2. The molecule has 2 heteroatoms. The zero-order valence-corrected chi connectivity index (χ0v) is 7.33. The highest BCUT2D eigenvalue weighted by Gasteiger charge is 2.27. The number of fused-ring (bicyclic) bond motifs is 1. The molecule has 0 radical (unpaired) electrons. The molecule has 12 heavy (non-hydrogen) atoms. The predicted octanol–water partition coefficient (Wildman–Crippen LogP) is 1.63. The van der Waals surface area contributed by atoms with Crippen LogP contribution in [0.15, 0.2) is 18.3 Å². The molecule has 0 aromatic carbocycles. The molecule has 0 saturated carbocycles. The van der Waals surface area contributed by atoms with Crippen molar-refractivity contribution in [3.05, 3.63) is 29.6 Å². The SMILES string of the molecule is C[C@@H]1C[C@H](CN)c2ncccc21. The zero-order chi connectivity index (χ0) is 8.55. The topological polar surface area (TPSA) is 38.9 Å². The van der Waals surface area contributed by atoms with Gasteiger partial charge in [0.05, 0.1) is 0 Å². The summed E-state index contributed by atoms with van der Waals surface area (Å²) in [4.78, 5) is 4.38. The van der Waals surface area contributed by atoms with Crippen molar-refractivity contribution in [1.29, 1.82) is 0 Å². The second-order valence-electron chi connectivity index (χ2n) is 3.55. The van der Waals surface area contributed by atoms with Gasteiger partial charge in [-0.2, -0.15) is 0 Å². The Balaban J connectivity index is 2.43. The zero-order valence-electron chi connectivity index (χ0n) is 7.33. The first-order chi connectivity index (χ1) is 5.83. The molecule has 0 unspecified atom stereocenters. The molecule has 1 aliphatic carbocycles. The molecule has 2 nitrogen and oxygen atoms in total. The predicted molar refractivity (Wildman–Crippen MR) is 49.1 cm³/mol. The molecule has 0 aliphatic heterocycles. The van der Waals surface area contributed by atoms with Crippen molar-refractivity contribution in [2.45, 2.75) is 25.2 Å². The summed E-state index contributed by atoms with van der Waals surface area (Å²) >= 11 is 0. The number of aromatic nitrogens is 1. The van der Waals surface area contributed by atoms with Gasteiger partial charge in [-0.1, -0.05) is 13.0 Å². The van der Waals surface area contributed by atoms with Crippen LogP contribution in [0.2, 0.25) is 0 Å². The van der Waals surface area contributed by atoms with Crippen LogP contribution < -0.4 is 5.73 Å². The van der Waals surface area contributed by atoms with Crippen LogP contribution in [0.25, 0.3) is 0 Å². The molecule has 0 fully saturated rings. The molecule has 2 rings (SSSR count). The molecule has 0 amide bonds. The summed E-state index contributed by atoms with van der Waals surface area (Å²) in [7, 11) is 0. The number of pyridine rings is 1. The quantitative estimate of drug-likeness (QED) is 0.681. The van der Waals surface area contributed by atoms with Gasteiger partial charge in [0.2, 0.25) is 0 Å². The molecule has 1 aliphatic rings. The minimum Gasteiger partial charge on any atom is -0.330 e. The Bertz CT molecular complexity index is 283. The Labute approximate surface area is 72.8 Å². The maximum atomic E-state index is 5.67. The van der Waals surface area contributed by atoms with Crippen LogP contribution in [0.3, 0.4) is 0 Å². The number of hydrogen-bond acceptors (Lipinski definition) is 2. The Morgan fingerprint density at radius 1 is 1.67 bits per heavy atom. The van der Waals surface area contributed by atoms with Crippen molar-refractivity contribution in [3.8, 4) is 0 Å². The van der Waals surface area contributed by atoms with Crippen LogP contribution in [0, 0.1) is 0 Å². The highest BCUT2D eigenvalue weighted by atomic mass is 14.7. The van der Waals surface area contributed by atoms with Crippen molar-refractivity contribution in [2.24, 2.45) is 5.73 Å². The van der Waals surface area contributed by atoms with Gasteiger partial charge < -0.3 is 5.73 Å². The van der Waals surface area contributed by atoms with E-state index in [2.05, 4.69) is 18.0 Å². The molecular formula is C10H14N2. The monoisotopic (exact) mass is 162 g/mol. The summed E-state index contributed by atoms with van der Waals surface area (Å²) in [5.74, 6) is 1.14.